The Bertz CT molecular complexity index is 194. The highest BCUT2D eigenvalue weighted by molar-refractivity contribution is 5.13. The molecule has 0 aliphatic heterocycles. The molecule has 0 saturated heterocycles. The summed E-state index contributed by atoms with van der Waals surface area (Å²) < 4.78 is 5.37. The minimum Gasteiger partial charge on any atom is -0.377 e. The molecule has 1 nitrogen and oxygen atoms in total. The van der Waals surface area contributed by atoms with Crippen molar-refractivity contribution in [1.29, 1.82) is 0 Å². The van der Waals surface area contributed by atoms with E-state index in [-0.39, 0.29) is 0 Å². The van der Waals surface area contributed by atoms with Crippen LogP contribution >= 0.6 is 0 Å². The Balaban J connectivity index is 0.000000500. The molecule has 1 aromatic carbocycles. The van der Waals surface area contributed by atoms with Gasteiger partial charge < -0.3 is 4.74 Å². The number of hydrogen-bond acceptors (Lipinski definition) is 1. The van der Waals surface area contributed by atoms with Crippen LogP contribution in [-0.2, 0) is 11.3 Å². The van der Waals surface area contributed by atoms with Gasteiger partial charge in [0.25, 0.3) is 0 Å². The van der Waals surface area contributed by atoms with E-state index >= 15 is 0 Å². The van der Waals surface area contributed by atoms with Gasteiger partial charge in [0.05, 0.1) is 6.61 Å². The van der Waals surface area contributed by atoms with Gasteiger partial charge in [-0.05, 0) is 12.0 Å². The van der Waals surface area contributed by atoms with Crippen molar-refractivity contribution in [3.05, 3.63) is 35.9 Å². The first-order valence-electron chi connectivity index (χ1n) is 5.46. The van der Waals surface area contributed by atoms with E-state index in [0.717, 1.165) is 19.6 Å². The molecule has 1 rings (SSSR count). The maximum absolute atomic E-state index is 5.37. The second kappa shape index (κ2) is 10.3. The van der Waals surface area contributed by atoms with Crippen LogP contribution in [0.1, 0.15) is 39.2 Å². The molecule has 14 heavy (non-hydrogen) atoms. The summed E-state index contributed by atoms with van der Waals surface area (Å²) in [4.78, 5) is 0. The van der Waals surface area contributed by atoms with Crippen molar-refractivity contribution in [2.75, 3.05) is 6.61 Å². The third-order valence-electron chi connectivity index (χ3n) is 1.46. The largest absolute Gasteiger partial charge is 0.377 e. The number of rotatable bonds is 4. The average molecular weight is 194 g/mol. The Morgan fingerprint density at radius 1 is 1.00 bits per heavy atom. The topological polar surface area (TPSA) is 9.23 Å². The summed E-state index contributed by atoms with van der Waals surface area (Å²) in [5.74, 6) is 0. The highest BCUT2D eigenvalue weighted by Gasteiger charge is 1.88. The van der Waals surface area contributed by atoms with Crippen LogP contribution in [-0.4, -0.2) is 6.61 Å². The molecule has 0 spiro atoms. The van der Waals surface area contributed by atoms with E-state index in [1.807, 2.05) is 18.2 Å². The van der Waals surface area contributed by atoms with E-state index in [1.54, 1.807) is 0 Å². The maximum atomic E-state index is 5.37. The zero-order valence-corrected chi connectivity index (χ0v) is 9.62. The Hall–Kier alpha value is -0.820. The average Bonchev–Trinajstić information content (AvgIpc) is 2.21. The molecule has 0 bridgehead atoms. The van der Waals surface area contributed by atoms with Crippen molar-refractivity contribution in [1.82, 2.24) is 0 Å². The maximum Gasteiger partial charge on any atom is 0.0716 e. The van der Waals surface area contributed by atoms with Crippen LogP contribution in [0.4, 0.5) is 0 Å². The minimum atomic E-state index is 0.745. The van der Waals surface area contributed by atoms with Gasteiger partial charge in [-0.1, -0.05) is 57.5 Å². The molecule has 0 amide bonds. The third kappa shape index (κ3) is 7.81. The van der Waals surface area contributed by atoms with Gasteiger partial charge in [0.15, 0.2) is 0 Å². The molecule has 0 radical (unpaired) electrons. The lowest BCUT2D eigenvalue weighted by Crippen LogP contribution is -1.92. The van der Waals surface area contributed by atoms with Crippen LogP contribution in [0.5, 0.6) is 0 Å². The second-order valence-electron chi connectivity index (χ2n) is 3.25. The summed E-state index contributed by atoms with van der Waals surface area (Å²) in [5.41, 5.74) is 1.25. The lowest BCUT2D eigenvalue weighted by atomic mass is 10.2. The first-order valence-corrected chi connectivity index (χ1v) is 5.46. The first kappa shape index (κ1) is 13.2. The predicted octanol–water partition coefficient (Wildman–Crippen LogP) is 4.03. The Morgan fingerprint density at radius 3 is 2.07 bits per heavy atom. The summed E-state index contributed by atoms with van der Waals surface area (Å²) >= 11 is 0. The molecule has 0 fully saturated rings. The van der Waals surface area contributed by atoms with Crippen LogP contribution in [0.25, 0.3) is 0 Å². The van der Waals surface area contributed by atoms with E-state index in [9.17, 15) is 0 Å². The van der Waals surface area contributed by atoms with Crippen LogP contribution < -0.4 is 0 Å². The lowest BCUT2D eigenvalue weighted by Gasteiger charge is -2.00. The van der Waals surface area contributed by atoms with E-state index in [2.05, 4.69) is 32.9 Å². The van der Waals surface area contributed by atoms with Crippen molar-refractivity contribution < 1.29 is 4.74 Å². The van der Waals surface area contributed by atoms with Crippen molar-refractivity contribution in [2.24, 2.45) is 0 Å². The van der Waals surface area contributed by atoms with Crippen LogP contribution in [0.3, 0.4) is 0 Å². The van der Waals surface area contributed by atoms with Crippen molar-refractivity contribution in [2.45, 2.75) is 40.2 Å². The molecule has 0 heterocycles. The number of benzene rings is 1. The molecule has 0 aliphatic carbocycles. The Labute approximate surface area is 88.1 Å². The summed E-state index contributed by atoms with van der Waals surface area (Å²) in [7, 11) is 0. The third-order valence-corrected chi connectivity index (χ3v) is 1.46. The molecule has 0 saturated carbocycles. The smallest absolute Gasteiger partial charge is 0.0716 e. The molecule has 0 aromatic heterocycles. The summed E-state index contributed by atoms with van der Waals surface area (Å²) in [6.45, 7) is 7.97. The van der Waals surface area contributed by atoms with Crippen molar-refractivity contribution in [3.63, 3.8) is 0 Å². The first-order chi connectivity index (χ1) is 6.85. The zero-order valence-electron chi connectivity index (χ0n) is 9.62. The van der Waals surface area contributed by atoms with Gasteiger partial charge in [-0.2, -0.15) is 0 Å². The van der Waals surface area contributed by atoms with Gasteiger partial charge in [-0.3, -0.25) is 0 Å². The molecule has 0 N–H and O–H groups in total. The standard InChI is InChI=1S/C10H14O.C3H8/c1-2-8-11-9-10-6-4-3-5-7-10;1-3-2/h3-7H,2,8-9H2,1H3;3H2,1-2H3. The SMILES string of the molecule is CCC.CCCOCc1ccccc1. The summed E-state index contributed by atoms with van der Waals surface area (Å²) in [5, 5.41) is 0. The molecule has 0 aliphatic rings. The van der Waals surface area contributed by atoms with Crippen LogP contribution in [0.2, 0.25) is 0 Å². The van der Waals surface area contributed by atoms with Gasteiger partial charge in [0.2, 0.25) is 0 Å². The Kier molecular flexibility index (Phi) is 9.66. The van der Waals surface area contributed by atoms with Gasteiger partial charge in [-0.25, -0.2) is 0 Å². The van der Waals surface area contributed by atoms with E-state index < -0.39 is 0 Å². The lowest BCUT2D eigenvalue weighted by molar-refractivity contribution is 0.121. The fourth-order valence-corrected chi connectivity index (χ4v) is 0.909. The molecule has 1 aromatic rings. The summed E-state index contributed by atoms with van der Waals surface area (Å²) in [6, 6.07) is 10.2. The molecular weight excluding hydrogens is 172 g/mol. The van der Waals surface area contributed by atoms with Crippen molar-refractivity contribution >= 4 is 0 Å². The molecule has 0 unspecified atom stereocenters. The molecular formula is C13H22O. The monoisotopic (exact) mass is 194 g/mol. The highest BCUT2D eigenvalue weighted by atomic mass is 16.5. The van der Waals surface area contributed by atoms with E-state index in [0.29, 0.717) is 0 Å². The number of ether oxygens (including phenoxy) is 1. The van der Waals surface area contributed by atoms with Gasteiger partial charge in [0.1, 0.15) is 0 Å². The van der Waals surface area contributed by atoms with Crippen molar-refractivity contribution in [3.8, 4) is 0 Å². The van der Waals surface area contributed by atoms with Crippen LogP contribution in [0.15, 0.2) is 30.3 Å². The van der Waals surface area contributed by atoms with E-state index in [1.165, 1.54) is 12.0 Å². The number of hydrogen-bond donors (Lipinski definition) is 0. The minimum absolute atomic E-state index is 0.745. The van der Waals surface area contributed by atoms with Gasteiger partial charge in [0, 0.05) is 6.61 Å². The van der Waals surface area contributed by atoms with Gasteiger partial charge in [-0.15, -0.1) is 0 Å². The Morgan fingerprint density at radius 2 is 1.57 bits per heavy atom. The quantitative estimate of drug-likeness (QED) is 0.657. The molecule has 0 atom stereocenters. The second-order valence-corrected chi connectivity index (χ2v) is 3.25. The zero-order chi connectivity index (χ0) is 10.6. The summed E-state index contributed by atoms with van der Waals surface area (Å²) in [6.07, 6.45) is 2.34. The highest BCUT2D eigenvalue weighted by Crippen LogP contribution is 2.00. The molecule has 80 valence electrons. The molecule has 1 heteroatoms. The van der Waals surface area contributed by atoms with E-state index in [4.69, 9.17) is 4.74 Å². The predicted molar refractivity (Wildman–Crippen MR) is 62.4 cm³/mol. The normalized spacial score (nSPS) is 9.07. The van der Waals surface area contributed by atoms with Crippen LogP contribution in [0, 0.1) is 0 Å². The van der Waals surface area contributed by atoms with Gasteiger partial charge >= 0.3 is 0 Å². The fraction of sp³-hybridized carbons (Fsp3) is 0.538. The fourth-order valence-electron chi connectivity index (χ4n) is 0.909.